The molecule has 34 heavy (non-hydrogen) atoms. The molecule has 2 atom stereocenters. The minimum absolute atomic E-state index is 0.0153. The van der Waals surface area contributed by atoms with E-state index in [1.165, 1.54) is 0 Å². The number of para-hydroxylation sites is 3. The Morgan fingerprint density at radius 3 is 2.38 bits per heavy atom. The van der Waals surface area contributed by atoms with Crippen LogP contribution in [0.5, 0.6) is 11.5 Å². The van der Waals surface area contributed by atoms with Crippen LogP contribution in [0.25, 0.3) is 0 Å². The standard InChI is InChI=1S/C28H30N2O4/c1-4-34-25-12-8-6-10-23(25)29-28(32)22-17-18-26(31)30(20-15-13-19(2)14-16-20)27(22)21-9-5-7-11-24(21)33-3/h5-16,22,27H,4,17-18H2,1-3H3,(H,29,32)/t22-,27-/m0/s1. The van der Waals surface area contributed by atoms with Gasteiger partial charge in [0.15, 0.2) is 0 Å². The summed E-state index contributed by atoms with van der Waals surface area (Å²) in [7, 11) is 1.60. The Bertz CT molecular complexity index is 1160. The summed E-state index contributed by atoms with van der Waals surface area (Å²) < 4.78 is 11.3. The van der Waals surface area contributed by atoms with Gasteiger partial charge in [0.05, 0.1) is 31.4 Å². The van der Waals surface area contributed by atoms with E-state index in [9.17, 15) is 9.59 Å². The molecule has 6 heteroatoms. The van der Waals surface area contributed by atoms with Crippen molar-refractivity contribution in [2.75, 3.05) is 23.9 Å². The molecule has 0 radical (unpaired) electrons. The summed E-state index contributed by atoms with van der Waals surface area (Å²) in [5.41, 5.74) is 3.28. The summed E-state index contributed by atoms with van der Waals surface area (Å²) >= 11 is 0. The molecule has 1 fully saturated rings. The third kappa shape index (κ3) is 4.76. The van der Waals surface area contributed by atoms with Crippen molar-refractivity contribution in [3.8, 4) is 11.5 Å². The third-order valence-electron chi connectivity index (χ3n) is 6.15. The van der Waals surface area contributed by atoms with E-state index in [2.05, 4.69) is 5.32 Å². The maximum absolute atomic E-state index is 13.7. The first kappa shape index (κ1) is 23.4. The second-order valence-corrected chi connectivity index (χ2v) is 8.35. The lowest BCUT2D eigenvalue weighted by Crippen LogP contribution is -2.47. The quantitative estimate of drug-likeness (QED) is 0.506. The van der Waals surface area contributed by atoms with Gasteiger partial charge < -0.3 is 19.7 Å². The van der Waals surface area contributed by atoms with E-state index in [1.54, 1.807) is 12.0 Å². The van der Waals surface area contributed by atoms with Gasteiger partial charge in [0.25, 0.3) is 0 Å². The average molecular weight is 459 g/mol. The van der Waals surface area contributed by atoms with E-state index in [1.807, 2.05) is 86.6 Å². The number of hydrogen-bond donors (Lipinski definition) is 1. The van der Waals surface area contributed by atoms with Crippen molar-refractivity contribution in [2.45, 2.75) is 32.7 Å². The molecule has 3 aromatic carbocycles. The molecular weight excluding hydrogens is 428 g/mol. The first-order valence-electron chi connectivity index (χ1n) is 11.6. The largest absolute Gasteiger partial charge is 0.496 e. The summed E-state index contributed by atoms with van der Waals surface area (Å²) in [6.45, 7) is 4.41. The molecule has 0 unspecified atom stereocenters. The normalized spacial score (nSPS) is 17.9. The number of nitrogens with zero attached hydrogens (tertiary/aromatic N) is 1. The van der Waals surface area contributed by atoms with Crippen molar-refractivity contribution < 1.29 is 19.1 Å². The maximum atomic E-state index is 13.7. The Morgan fingerprint density at radius 2 is 1.68 bits per heavy atom. The number of benzene rings is 3. The molecular formula is C28H30N2O4. The van der Waals surface area contributed by atoms with E-state index in [4.69, 9.17) is 9.47 Å². The lowest BCUT2D eigenvalue weighted by Gasteiger charge is -2.41. The van der Waals surface area contributed by atoms with Gasteiger partial charge in [-0.25, -0.2) is 0 Å². The van der Waals surface area contributed by atoms with Crippen LogP contribution in [0, 0.1) is 12.8 Å². The first-order valence-corrected chi connectivity index (χ1v) is 11.6. The van der Waals surface area contributed by atoms with Gasteiger partial charge >= 0.3 is 0 Å². The summed E-state index contributed by atoms with van der Waals surface area (Å²) in [6.07, 6.45) is 0.720. The highest BCUT2D eigenvalue weighted by Gasteiger charge is 2.42. The Balaban J connectivity index is 1.76. The summed E-state index contributed by atoms with van der Waals surface area (Å²) in [5.74, 6) is 0.609. The molecule has 4 rings (SSSR count). The monoisotopic (exact) mass is 458 g/mol. The first-order chi connectivity index (χ1) is 16.5. The summed E-state index contributed by atoms with van der Waals surface area (Å²) in [4.78, 5) is 28.7. The number of piperidine rings is 1. The predicted octanol–water partition coefficient (Wildman–Crippen LogP) is 5.53. The molecule has 0 aliphatic carbocycles. The van der Waals surface area contributed by atoms with Crippen LogP contribution in [0.4, 0.5) is 11.4 Å². The van der Waals surface area contributed by atoms with E-state index < -0.39 is 12.0 Å². The Morgan fingerprint density at radius 1 is 1.00 bits per heavy atom. The van der Waals surface area contributed by atoms with E-state index >= 15 is 0 Å². The number of aryl methyl sites for hydroxylation is 1. The molecule has 1 aliphatic heterocycles. The molecule has 0 bridgehead atoms. The fourth-order valence-electron chi connectivity index (χ4n) is 4.52. The Hall–Kier alpha value is -3.80. The molecule has 6 nitrogen and oxygen atoms in total. The number of methoxy groups -OCH3 is 1. The Labute approximate surface area is 200 Å². The van der Waals surface area contributed by atoms with Crippen LogP contribution in [-0.2, 0) is 9.59 Å². The molecule has 0 spiro atoms. The lowest BCUT2D eigenvalue weighted by atomic mass is 9.82. The average Bonchev–Trinajstić information content (AvgIpc) is 2.85. The number of hydrogen-bond acceptors (Lipinski definition) is 4. The minimum atomic E-state index is -0.514. The highest BCUT2D eigenvalue weighted by molar-refractivity contribution is 6.00. The van der Waals surface area contributed by atoms with E-state index in [-0.39, 0.29) is 18.2 Å². The zero-order chi connectivity index (χ0) is 24.1. The highest BCUT2D eigenvalue weighted by atomic mass is 16.5. The molecule has 2 amide bonds. The third-order valence-corrected chi connectivity index (χ3v) is 6.15. The zero-order valence-corrected chi connectivity index (χ0v) is 19.8. The summed E-state index contributed by atoms with van der Waals surface area (Å²) in [5, 5.41) is 3.06. The molecule has 0 saturated carbocycles. The molecule has 1 N–H and O–H groups in total. The SMILES string of the molecule is CCOc1ccccc1NC(=O)[C@H]1CCC(=O)N(c2ccc(C)cc2)[C@H]1c1ccccc1OC. The van der Waals surface area contributed by atoms with Crippen molar-refractivity contribution in [2.24, 2.45) is 5.92 Å². The molecule has 1 heterocycles. The molecule has 1 saturated heterocycles. The summed E-state index contributed by atoms with van der Waals surface area (Å²) in [6, 6.07) is 22.3. The van der Waals surface area contributed by atoms with Crippen LogP contribution < -0.4 is 19.7 Å². The van der Waals surface area contributed by atoms with Gasteiger partial charge in [0, 0.05) is 17.7 Å². The van der Waals surface area contributed by atoms with Crippen molar-refractivity contribution in [3.63, 3.8) is 0 Å². The fraction of sp³-hybridized carbons (Fsp3) is 0.286. The predicted molar refractivity (Wildman–Crippen MR) is 133 cm³/mol. The maximum Gasteiger partial charge on any atom is 0.230 e. The van der Waals surface area contributed by atoms with Crippen LogP contribution >= 0.6 is 0 Å². The van der Waals surface area contributed by atoms with Crippen LogP contribution in [-0.4, -0.2) is 25.5 Å². The molecule has 3 aromatic rings. The second kappa shape index (κ2) is 10.4. The number of anilines is 2. The van der Waals surface area contributed by atoms with Gasteiger partial charge in [-0.05, 0) is 50.6 Å². The smallest absolute Gasteiger partial charge is 0.230 e. The van der Waals surface area contributed by atoms with Gasteiger partial charge in [0.1, 0.15) is 11.5 Å². The number of amides is 2. The van der Waals surface area contributed by atoms with Gasteiger partial charge in [-0.3, -0.25) is 9.59 Å². The van der Waals surface area contributed by atoms with Gasteiger partial charge in [-0.2, -0.15) is 0 Å². The molecule has 0 aromatic heterocycles. The van der Waals surface area contributed by atoms with Crippen LogP contribution in [0.1, 0.15) is 36.9 Å². The van der Waals surface area contributed by atoms with Crippen LogP contribution in [0.2, 0.25) is 0 Å². The van der Waals surface area contributed by atoms with Crippen molar-refractivity contribution >= 4 is 23.2 Å². The van der Waals surface area contributed by atoms with Crippen molar-refractivity contribution in [1.82, 2.24) is 0 Å². The van der Waals surface area contributed by atoms with Gasteiger partial charge in [0.2, 0.25) is 11.8 Å². The van der Waals surface area contributed by atoms with Crippen LogP contribution in [0.3, 0.4) is 0 Å². The molecule has 176 valence electrons. The number of carbonyl (C=O) groups excluding carboxylic acids is 2. The lowest BCUT2D eigenvalue weighted by molar-refractivity contribution is -0.126. The molecule has 1 aliphatic rings. The van der Waals surface area contributed by atoms with E-state index in [0.29, 0.717) is 30.2 Å². The number of rotatable bonds is 7. The van der Waals surface area contributed by atoms with Gasteiger partial charge in [-0.1, -0.05) is 48.0 Å². The van der Waals surface area contributed by atoms with Crippen molar-refractivity contribution in [1.29, 1.82) is 0 Å². The fourth-order valence-corrected chi connectivity index (χ4v) is 4.52. The van der Waals surface area contributed by atoms with Crippen molar-refractivity contribution in [3.05, 3.63) is 83.9 Å². The topological polar surface area (TPSA) is 67.9 Å². The van der Waals surface area contributed by atoms with Crippen LogP contribution in [0.15, 0.2) is 72.8 Å². The number of ether oxygens (including phenoxy) is 2. The Kier molecular flexibility index (Phi) is 7.16. The second-order valence-electron chi connectivity index (χ2n) is 8.35. The van der Waals surface area contributed by atoms with E-state index in [0.717, 1.165) is 16.8 Å². The van der Waals surface area contributed by atoms with Gasteiger partial charge in [-0.15, -0.1) is 0 Å². The minimum Gasteiger partial charge on any atom is -0.496 e. The zero-order valence-electron chi connectivity index (χ0n) is 19.8. The highest BCUT2D eigenvalue weighted by Crippen LogP contribution is 2.43. The number of nitrogens with one attached hydrogen (secondary N) is 1. The number of carbonyl (C=O) groups is 2.